The van der Waals surface area contributed by atoms with Gasteiger partial charge in [0, 0.05) is 12.5 Å². The van der Waals surface area contributed by atoms with Crippen molar-refractivity contribution in [2.75, 3.05) is 7.11 Å². The Kier molecular flexibility index (Phi) is 1.81. The maximum absolute atomic E-state index is 11.3. The van der Waals surface area contributed by atoms with Crippen molar-refractivity contribution in [2.45, 2.75) is 11.5 Å². The summed E-state index contributed by atoms with van der Waals surface area (Å²) in [7, 11) is 1.44. The summed E-state index contributed by atoms with van der Waals surface area (Å²) in [5.74, 6) is -1.34. The van der Waals surface area contributed by atoms with Gasteiger partial charge in [-0.1, -0.05) is 0 Å². The highest BCUT2D eigenvalue weighted by Gasteiger charge is 2.54. The molecule has 1 amide bonds. The molecule has 5 nitrogen and oxygen atoms in total. The smallest absolute Gasteiger partial charge is 0.353 e. The molecule has 1 N–H and O–H groups in total. The Morgan fingerprint density at radius 1 is 1.77 bits per heavy atom. The summed E-state index contributed by atoms with van der Waals surface area (Å²) in [6.07, 6.45) is -0.488. The molecule has 0 spiro atoms. The zero-order chi connectivity index (χ0) is 9.59. The van der Waals surface area contributed by atoms with E-state index in [-0.39, 0.29) is 17.0 Å². The van der Waals surface area contributed by atoms with E-state index in [4.69, 9.17) is 9.84 Å². The number of ether oxygens (including phenoxy) is 1. The highest BCUT2D eigenvalue weighted by Crippen LogP contribution is 2.42. The van der Waals surface area contributed by atoms with Gasteiger partial charge in [0.1, 0.15) is 11.1 Å². The first-order valence-electron chi connectivity index (χ1n) is 3.61. The minimum atomic E-state index is -1.07. The van der Waals surface area contributed by atoms with Crippen LogP contribution < -0.4 is 0 Å². The molecule has 2 rings (SSSR count). The van der Waals surface area contributed by atoms with E-state index in [0.717, 1.165) is 0 Å². The Hall–Kier alpha value is -1.01. The third-order valence-corrected chi connectivity index (χ3v) is 3.14. The minimum absolute atomic E-state index is 0.0494. The highest BCUT2D eigenvalue weighted by molar-refractivity contribution is 8.03. The summed E-state index contributed by atoms with van der Waals surface area (Å²) in [6, 6.07) is 0. The van der Waals surface area contributed by atoms with Crippen molar-refractivity contribution in [2.24, 2.45) is 0 Å². The molecule has 0 aromatic heterocycles. The van der Waals surface area contributed by atoms with E-state index in [1.807, 2.05) is 0 Å². The van der Waals surface area contributed by atoms with Crippen molar-refractivity contribution in [1.82, 2.24) is 4.90 Å². The molecular weight excluding hydrogens is 194 g/mol. The molecule has 1 saturated heterocycles. The fraction of sp³-hybridized carbons (Fsp3) is 0.429. The van der Waals surface area contributed by atoms with Crippen molar-refractivity contribution < 1.29 is 19.4 Å². The lowest BCUT2D eigenvalue weighted by molar-refractivity contribution is -0.161. The predicted molar refractivity (Wildman–Crippen MR) is 44.7 cm³/mol. The molecule has 0 aliphatic carbocycles. The summed E-state index contributed by atoms with van der Waals surface area (Å²) >= 11 is 1.30. The molecule has 0 aromatic carbocycles. The van der Waals surface area contributed by atoms with Gasteiger partial charge in [0.05, 0.1) is 0 Å². The molecule has 70 valence electrons. The number of carbonyl (C=O) groups is 2. The lowest BCUT2D eigenvalue weighted by Crippen LogP contribution is -2.61. The first-order chi connectivity index (χ1) is 6.16. The number of hydrogen-bond acceptors (Lipinski definition) is 4. The second-order valence-electron chi connectivity index (χ2n) is 2.70. The van der Waals surface area contributed by atoms with Crippen molar-refractivity contribution in [3.63, 3.8) is 0 Å². The standard InChI is InChI=1S/C7H7NO4S/c1-12-4-5(9)8-3(7(10)11)2-13-6(4)8/h2,4,6H,1H3,(H,10,11)/t4?,6-/m1/s1. The van der Waals surface area contributed by atoms with Crippen LogP contribution in [0.25, 0.3) is 0 Å². The molecule has 2 aliphatic heterocycles. The number of aliphatic carboxylic acids is 1. The Balaban J connectivity index is 2.18. The summed E-state index contributed by atoms with van der Waals surface area (Å²) in [6.45, 7) is 0. The van der Waals surface area contributed by atoms with Gasteiger partial charge in [0.2, 0.25) is 0 Å². The van der Waals surface area contributed by atoms with E-state index >= 15 is 0 Å². The third-order valence-electron chi connectivity index (χ3n) is 2.05. The number of thioether (sulfide) groups is 1. The minimum Gasteiger partial charge on any atom is -0.477 e. The lowest BCUT2D eigenvalue weighted by Gasteiger charge is -2.40. The van der Waals surface area contributed by atoms with E-state index in [0.29, 0.717) is 0 Å². The Bertz CT molecular complexity index is 314. The molecule has 6 heteroatoms. The number of methoxy groups -OCH3 is 1. The first kappa shape index (κ1) is 8.58. The topological polar surface area (TPSA) is 66.8 Å². The van der Waals surface area contributed by atoms with Gasteiger partial charge in [-0.15, -0.1) is 11.8 Å². The van der Waals surface area contributed by atoms with Gasteiger partial charge in [0.15, 0.2) is 6.10 Å². The van der Waals surface area contributed by atoms with Gasteiger partial charge in [0.25, 0.3) is 5.91 Å². The number of rotatable bonds is 2. The molecule has 2 heterocycles. The van der Waals surface area contributed by atoms with Gasteiger partial charge < -0.3 is 9.84 Å². The summed E-state index contributed by atoms with van der Waals surface area (Å²) < 4.78 is 4.90. The van der Waals surface area contributed by atoms with Crippen LogP contribution in [0.5, 0.6) is 0 Å². The number of carboxylic acid groups (broad SMARTS) is 1. The van der Waals surface area contributed by atoms with E-state index in [2.05, 4.69) is 0 Å². The number of nitrogens with zero attached hydrogens (tertiary/aromatic N) is 1. The molecule has 0 bridgehead atoms. The second kappa shape index (κ2) is 2.74. The Labute approximate surface area is 78.3 Å². The number of amides is 1. The summed E-state index contributed by atoms with van der Waals surface area (Å²) in [4.78, 5) is 23.1. The predicted octanol–water partition coefficient (Wildman–Crippen LogP) is -0.158. The average Bonchev–Trinajstić information content (AvgIpc) is 2.45. The normalized spacial score (nSPS) is 31.0. The van der Waals surface area contributed by atoms with Crippen LogP contribution in [-0.2, 0) is 14.3 Å². The van der Waals surface area contributed by atoms with Crippen LogP contribution in [0.2, 0.25) is 0 Å². The number of hydrogen-bond donors (Lipinski definition) is 1. The Morgan fingerprint density at radius 3 is 3.00 bits per heavy atom. The molecule has 1 fully saturated rings. The van der Waals surface area contributed by atoms with Gasteiger partial charge in [-0.3, -0.25) is 9.69 Å². The van der Waals surface area contributed by atoms with Gasteiger partial charge >= 0.3 is 5.97 Å². The van der Waals surface area contributed by atoms with Crippen molar-refractivity contribution >= 4 is 23.6 Å². The fourth-order valence-electron chi connectivity index (χ4n) is 1.39. The molecule has 0 saturated carbocycles. The van der Waals surface area contributed by atoms with Crippen LogP contribution in [0.4, 0.5) is 0 Å². The van der Waals surface area contributed by atoms with Gasteiger partial charge in [-0.25, -0.2) is 4.79 Å². The maximum Gasteiger partial charge on any atom is 0.353 e. The number of carbonyl (C=O) groups excluding carboxylic acids is 1. The fourth-order valence-corrected chi connectivity index (χ4v) is 2.58. The largest absolute Gasteiger partial charge is 0.477 e. The van der Waals surface area contributed by atoms with E-state index in [1.165, 1.54) is 29.2 Å². The number of carboxylic acids is 1. The molecule has 13 heavy (non-hydrogen) atoms. The van der Waals surface area contributed by atoms with Crippen LogP contribution in [0, 0.1) is 0 Å². The molecule has 0 radical (unpaired) electrons. The summed E-state index contributed by atoms with van der Waals surface area (Å²) in [5.41, 5.74) is 0.0494. The Morgan fingerprint density at radius 2 is 2.46 bits per heavy atom. The van der Waals surface area contributed by atoms with E-state index in [9.17, 15) is 9.59 Å². The van der Waals surface area contributed by atoms with Crippen LogP contribution in [0.1, 0.15) is 0 Å². The molecule has 2 atom stereocenters. The lowest BCUT2D eigenvalue weighted by atomic mass is 10.1. The molecule has 2 aliphatic rings. The summed E-state index contributed by atoms with van der Waals surface area (Å²) in [5, 5.41) is 9.99. The van der Waals surface area contributed by atoms with Gasteiger partial charge in [-0.05, 0) is 0 Å². The third kappa shape index (κ3) is 0.988. The molecular formula is C7H7NO4S. The van der Waals surface area contributed by atoms with Crippen LogP contribution >= 0.6 is 11.8 Å². The quantitative estimate of drug-likeness (QED) is 0.629. The monoisotopic (exact) mass is 201 g/mol. The average molecular weight is 201 g/mol. The zero-order valence-electron chi connectivity index (χ0n) is 6.76. The van der Waals surface area contributed by atoms with Crippen LogP contribution in [0.15, 0.2) is 11.1 Å². The molecule has 1 unspecified atom stereocenters. The number of fused-ring (bicyclic) bond motifs is 1. The van der Waals surface area contributed by atoms with Crippen molar-refractivity contribution in [3.8, 4) is 0 Å². The van der Waals surface area contributed by atoms with E-state index in [1.54, 1.807) is 0 Å². The van der Waals surface area contributed by atoms with Crippen molar-refractivity contribution in [3.05, 3.63) is 11.1 Å². The SMILES string of the molecule is COC1C(=O)N2C(C(=O)O)=CS[C@H]12. The number of β-lactam (4-membered cyclic amide) rings is 1. The zero-order valence-corrected chi connectivity index (χ0v) is 7.58. The maximum atomic E-state index is 11.3. The van der Waals surface area contributed by atoms with Crippen LogP contribution in [0.3, 0.4) is 0 Å². The van der Waals surface area contributed by atoms with E-state index < -0.39 is 12.1 Å². The highest BCUT2D eigenvalue weighted by atomic mass is 32.2. The molecule has 0 aromatic rings. The second-order valence-corrected chi connectivity index (χ2v) is 3.69. The van der Waals surface area contributed by atoms with Crippen molar-refractivity contribution in [1.29, 1.82) is 0 Å². The van der Waals surface area contributed by atoms with Crippen LogP contribution in [-0.4, -0.2) is 40.5 Å². The first-order valence-corrected chi connectivity index (χ1v) is 4.56. The van der Waals surface area contributed by atoms with Gasteiger partial charge in [-0.2, -0.15) is 0 Å².